The molecule has 2 aromatic rings. The van der Waals surface area contributed by atoms with Crippen LogP contribution in [0.2, 0.25) is 0 Å². The van der Waals surface area contributed by atoms with Crippen LogP contribution in [-0.2, 0) is 19.5 Å². The zero-order chi connectivity index (χ0) is 14.1. The lowest BCUT2D eigenvalue weighted by atomic mass is 10.2. The van der Waals surface area contributed by atoms with E-state index in [1.165, 1.54) is 11.4 Å². The van der Waals surface area contributed by atoms with Crippen molar-refractivity contribution < 1.29 is 0 Å². The van der Waals surface area contributed by atoms with E-state index < -0.39 is 0 Å². The highest BCUT2D eigenvalue weighted by Crippen LogP contribution is 2.06. The van der Waals surface area contributed by atoms with E-state index in [0.717, 1.165) is 19.5 Å². The van der Waals surface area contributed by atoms with Gasteiger partial charge in [0.25, 0.3) is 0 Å². The number of hydrogen-bond acceptors (Lipinski definition) is 1. The molecule has 3 nitrogen and oxygen atoms in total. The van der Waals surface area contributed by atoms with E-state index in [0.29, 0.717) is 0 Å². The summed E-state index contributed by atoms with van der Waals surface area (Å²) in [6.07, 6.45) is 11.2. The lowest BCUT2D eigenvalue weighted by molar-refractivity contribution is 0.735. The van der Waals surface area contributed by atoms with Gasteiger partial charge in [-0.15, -0.1) is 0 Å². The monoisotopic (exact) mass is 259 g/mol. The number of rotatable bonds is 4. The van der Waals surface area contributed by atoms with Gasteiger partial charge >= 0.3 is 0 Å². The van der Waals surface area contributed by atoms with Gasteiger partial charge in [0.15, 0.2) is 0 Å². The summed E-state index contributed by atoms with van der Waals surface area (Å²) in [7, 11) is 0. The molecular weight excluding hydrogens is 234 g/mol. The SMILES string of the molecule is C/C=C\Cc1ncn(CC)c1C.CCn1cccc1. The normalized spacial score (nSPS) is 10.5. The Bertz CT molecular complexity index is 478. The number of allylic oxidation sites excluding steroid dienone is 2. The second-order valence-electron chi connectivity index (χ2n) is 4.35. The molecule has 0 atom stereocenters. The number of nitrogens with zero attached hydrogens (tertiary/aromatic N) is 3. The van der Waals surface area contributed by atoms with Crippen LogP contribution in [0.1, 0.15) is 32.2 Å². The zero-order valence-corrected chi connectivity index (χ0v) is 12.5. The van der Waals surface area contributed by atoms with Gasteiger partial charge in [0.1, 0.15) is 0 Å². The van der Waals surface area contributed by atoms with Crippen LogP contribution in [0.5, 0.6) is 0 Å². The summed E-state index contributed by atoms with van der Waals surface area (Å²) in [6.45, 7) is 10.5. The summed E-state index contributed by atoms with van der Waals surface area (Å²) in [5.41, 5.74) is 2.48. The van der Waals surface area contributed by atoms with E-state index >= 15 is 0 Å². The summed E-state index contributed by atoms with van der Waals surface area (Å²) >= 11 is 0. The highest BCUT2D eigenvalue weighted by Gasteiger charge is 2.01. The van der Waals surface area contributed by atoms with Gasteiger partial charge in [0, 0.05) is 37.6 Å². The Morgan fingerprint density at radius 1 is 1.16 bits per heavy atom. The Kier molecular flexibility index (Phi) is 6.72. The van der Waals surface area contributed by atoms with Crippen molar-refractivity contribution in [2.24, 2.45) is 0 Å². The van der Waals surface area contributed by atoms with Crippen molar-refractivity contribution in [1.82, 2.24) is 14.1 Å². The Morgan fingerprint density at radius 3 is 2.26 bits per heavy atom. The summed E-state index contributed by atoms with van der Waals surface area (Å²) in [5.74, 6) is 0. The lowest BCUT2D eigenvalue weighted by Crippen LogP contribution is -1.95. The van der Waals surface area contributed by atoms with Crippen molar-refractivity contribution in [3.63, 3.8) is 0 Å². The quantitative estimate of drug-likeness (QED) is 0.765. The van der Waals surface area contributed by atoms with E-state index in [2.05, 4.69) is 59.4 Å². The maximum absolute atomic E-state index is 4.34. The molecule has 2 aromatic heterocycles. The van der Waals surface area contributed by atoms with Crippen LogP contribution < -0.4 is 0 Å². The van der Waals surface area contributed by atoms with Gasteiger partial charge in [-0.2, -0.15) is 0 Å². The Morgan fingerprint density at radius 2 is 1.84 bits per heavy atom. The second-order valence-corrected chi connectivity index (χ2v) is 4.35. The molecule has 0 bridgehead atoms. The summed E-state index contributed by atoms with van der Waals surface area (Å²) in [6, 6.07) is 4.06. The molecule has 0 spiro atoms. The average molecular weight is 259 g/mol. The standard InChI is InChI=1S/C10H16N2.C6H9N/c1-4-6-7-10-9(3)12(5-2)8-11-10;1-2-7-5-3-4-6-7/h4,6,8H,5,7H2,1-3H3;3-6H,2H2,1H3/b6-4-;. The summed E-state index contributed by atoms with van der Waals surface area (Å²) < 4.78 is 4.29. The van der Waals surface area contributed by atoms with Crippen molar-refractivity contribution in [1.29, 1.82) is 0 Å². The molecule has 0 amide bonds. The van der Waals surface area contributed by atoms with Crippen molar-refractivity contribution in [3.05, 3.63) is 54.4 Å². The minimum absolute atomic E-state index is 0.954. The van der Waals surface area contributed by atoms with Crippen LogP contribution in [0.15, 0.2) is 43.0 Å². The van der Waals surface area contributed by atoms with E-state index in [-0.39, 0.29) is 0 Å². The predicted octanol–water partition coefficient (Wildman–Crippen LogP) is 3.84. The average Bonchev–Trinajstić information content (AvgIpc) is 3.07. The van der Waals surface area contributed by atoms with E-state index in [4.69, 9.17) is 0 Å². The number of aromatic nitrogens is 3. The predicted molar refractivity (Wildman–Crippen MR) is 81.3 cm³/mol. The van der Waals surface area contributed by atoms with Crippen LogP contribution >= 0.6 is 0 Å². The van der Waals surface area contributed by atoms with Crippen LogP contribution in [-0.4, -0.2) is 14.1 Å². The first-order valence-corrected chi connectivity index (χ1v) is 6.95. The largest absolute Gasteiger partial charge is 0.355 e. The Labute approximate surface area is 116 Å². The van der Waals surface area contributed by atoms with E-state index in [1.54, 1.807) is 0 Å². The van der Waals surface area contributed by atoms with E-state index in [1.807, 2.05) is 25.4 Å². The molecule has 3 heteroatoms. The molecule has 0 fully saturated rings. The molecule has 2 rings (SSSR count). The molecule has 19 heavy (non-hydrogen) atoms. The maximum atomic E-state index is 4.34. The van der Waals surface area contributed by atoms with Gasteiger partial charge in [-0.3, -0.25) is 0 Å². The minimum Gasteiger partial charge on any atom is -0.355 e. The zero-order valence-electron chi connectivity index (χ0n) is 12.5. The summed E-state index contributed by atoms with van der Waals surface area (Å²) in [4.78, 5) is 4.34. The summed E-state index contributed by atoms with van der Waals surface area (Å²) in [5, 5.41) is 0. The van der Waals surface area contributed by atoms with Gasteiger partial charge < -0.3 is 9.13 Å². The Hall–Kier alpha value is -1.77. The fourth-order valence-corrected chi connectivity index (χ4v) is 1.81. The highest BCUT2D eigenvalue weighted by atomic mass is 15.0. The molecule has 0 saturated heterocycles. The molecule has 104 valence electrons. The number of aryl methyl sites for hydroxylation is 2. The maximum Gasteiger partial charge on any atom is 0.0951 e. The van der Waals surface area contributed by atoms with Gasteiger partial charge in [-0.25, -0.2) is 4.98 Å². The van der Waals surface area contributed by atoms with Gasteiger partial charge in [0.2, 0.25) is 0 Å². The van der Waals surface area contributed by atoms with Crippen molar-refractivity contribution >= 4 is 0 Å². The topological polar surface area (TPSA) is 22.8 Å². The van der Waals surface area contributed by atoms with Gasteiger partial charge in [-0.1, -0.05) is 12.2 Å². The molecule has 0 radical (unpaired) electrons. The van der Waals surface area contributed by atoms with Crippen LogP contribution in [0, 0.1) is 6.92 Å². The first-order valence-electron chi connectivity index (χ1n) is 6.95. The fourth-order valence-electron chi connectivity index (χ4n) is 1.81. The van der Waals surface area contributed by atoms with Gasteiger partial charge in [0.05, 0.1) is 12.0 Å². The molecule has 2 heterocycles. The van der Waals surface area contributed by atoms with Crippen LogP contribution in [0.3, 0.4) is 0 Å². The van der Waals surface area contributed by atoms with Crippen LogP contribution in [0.25, 0.3) is 0 Å². The molecule has 0 unspecified atom stereocenters. The number of hydrogen-bond donors (Lipinski definition) is 0. The molecule has 0 saturated carbocycles. The lowest BCUT2D eigenvalue weighted by Gasteiger charge is -1.99. The molecule has 0 aliphatic heterocycles. The third-order valence-electron chi connectivity index (χ3n) is 3.12. The van der Waals surface area contributed by atoms with Crippen molar-refractivity contribution in [2.45, 2.75) is 47.2 Å². The third kappa shape index (κ3) is 4.78. The first-order chi connectivity index (χ1) is 9.22. The smallest absolute Gasteiger partial charge is 0.0951 e. The Balaban J connectivity index is 0.000000218. The van der Waals surface area contributed by atoms with E-state index in [9.17, 15) is 0 Å². The third-order valence-corrected chi connectivity index (χ3v) is 3.12. The van der Waals surface area contributed by atoms with Crippen molar-refractivity contribution in [3.8, 4) is 0 Å². The van der Waals surface area contributed by atoms with Crippen molar-refractivity contribution in [2.75, 3.05) is 0 Å². The highest BCUT2D eigenvalue weighted by molar-refractivity contribution is 5.14. The molecular formula is C16H25N3. The van der Waals surface area contributed by atoms with Crippen LogP contribution in [0.4, 0.5) is 0 Å². The fraction of sp³-hybridized carbons (Fsp3) is 0.438. The van der Waals surface area contributed by atoms with Gasteiger partial charge in [-0.05, 0) is 39.8 Å². The minimum atomic E-state index is 0.954. The number of imidazole rings is 1. The molecule has 0 aliphatic carbocycles. The molecule has 0 aliphatic rings. The second kappa shape index (κ2) is 8.35. The molecule has 0 N–H and O–H groups in total. The first kappa shape index (κ1) is 15.3. The molecule has 0 aromatic carbocycles.